The second kappa shape index (κ2) is 5.54. The Morgan fingerprint density at radius 1 is 1.12 bits per heavy atom. The standard InChI is InChI=1S/C16H8N2O7/c17-6-10-9-5-11(19)13(20)14(21)15(9)25-16(22)12(10)7-1-3-8(4-2-7)18(23)24/h1-5,19-21H. The summed E-state index contributed by atoms with van der Waals surface area (Å²) in [6.45, 7) is 0. The van der Waals surface area contributed by atoms with E-state index in [9.17, 15) is 35.5 Å². The van der Waals surface area contributed by atoms with Crippen LogP contribution in [0.2, 0.25) is 0 Å². The lowest BCUT2D eigenvalue weighted by molar-refractivity contribution is -0.384. The molecule has 3 rings (SSSR count). The highest BCUT2D eigenvalue weighted by Gasteiger charge is 2.22. The molecule has 1 aromatic heterocycles. The molecule has 9 nitrogen and oxygen atoms in total. The van der Waals surface area contributed by atoms with Gasteiger partial charge in [0, 0.05) is 17.5 Å². The molecular weight excluding hydrogens is 332 g/mol. The summed E-state index contributed by atoms with van der Waals surface area (Å²) in [4.78, 5) is 22.4. The van der Waals surface area contributed by atoms with Crippen molar-refractivity contribution in [1.29, 1.82) is 5.26 Å². The summed E-state index contributed by atoms with van der Waals surface area (Å²) in [5.74, 6) is -2.47. The fourth-order valence-corrected chi connectivity index (χ4v) is 2.42. The smallest absolute Gasteiger partial charge is 0.345 e. The van der Waals surface area contributed by atoms with Gasteiger partial charge >= 0.3 is 5.63 Å². The van der Waals surface area contributed by atoms with E-state index < -0.39 is 33.4 Å². The largest absolute Gasteiger partial charge is 0.504 e. The molecule has 0 bridgehead atoms. The van der Waals surface area contributed by atoms with E-state index in [-0.39, 0.29) is 27.8 Å². The number of hydrogen-bond acceptors (Lipinski definition) is 8. The molecule has 0 aliphatic rings. The monoisotopic (exact) mass is 340 g/mol. The highest BCUT2D eigenvalue weighted by atomic mass is 16.6. The third kappa shape index (κ3) is 2.38. The number of non-ortho nitro benzene ring substituents is 1. The van der Waals surface area contributed by atoms with Gasteiger partial charge in [0.2, 0.25) is 11.5 Å². The minimum Gasteiger partial charge on any atom is -0.504 e. The van der Waals surface area contributed by atoms with Gasteiger partial charge in [-0.05, 0) is 23.8 Å². The van der Waals surface area contributed by atoms with Gasteiger partial charge in [0.1, 0.15) is 6.07 Å². The third-order valence-corrected chi connectivity index (χ3v) is 3.60. The van der Waals surface area contributed by atoms with Crippen molar-refractivity contribution in [3.8, 4) is 34.4 Å². The zero-order valence-corrected chi connectivity index (χ0v) is 12.3. The van der Waals surface area contributed by atoms with Crippen LogP contribution < -0.4 is 5.63 Å². The second-order valence-electron chi connectivity index (χ2n) is 5.02. The molecule has 25 heavy (non-hydrogen) atoms. The van der Waals surface area contributed by atoms with Crippen molar-refractivity contribution in [2.75, 3.05) is 0 Å². The molecule has 3 N–H and O–H groups in total. The lowest BCUT2D eigenvalue weighted by Gasteiger charge is -2.09. The first kappa shape index (κ1) is 15.8. The Kier molecular flexibility index (Phi) is 3.50. The Morgan fingerprint density at radius 2 is 1.76 bits per heavy atom. The number of rotatable bonds is 2. The fourth-order valence-electron chi connectivity index (χ4n) is 2.42. The van der Waals surface area contributed by atoms with E-state index in [1.807, 2.05) is 0 Å². The number of fused-ring (bicyclic) bond motifs is 1. The van der Waals surface area contributed by atoms with Crippen LogP contribution in [0.3, 0.4) is 0 Å². The Balaban J connectivity index is 2.38. The molecule has 0 saturated carbocycles. The van der Waals surface area contributed by atoms with Crippen LogP contribution in [0.4, 0.5) is 5.69 Å². The molecule has 0 radical (unpaired) electrons. The number of nitro benzene ring substituents is 1. The second-order valence-corrected chi connectivity index (χ2v) is 5.02. The molecule has 0 aliphatic heterocycles. The van der Waals surface area contributed by atoms with Crippen molar-refractivity contribution < 1.29 is 24.7 Å². The molecule has 124 valence electrons. The van der Waals surface area contributed by atoms with Gasteiger partial charge in [-0.15, -0.1) is 0 Å². The van der Waals surface area contributed by atoms with Crippen molar-refractivity contribution in [3.63, 3.8) is 0 Å². The molecule has 0 fully saturated rings. The minimum atomic E-state index is -0.988. The number of nitriles is 1. The van der Waals surface area contributed by atoms with Gasteiger partial charge < -0.3 is 19.7 Å². The van der Waals surface area contributed by atoms with E-state index in [2.05, 4.69) is 0 Å². The molecule has 0 saturated heterocycles. The van der Waals surface area contributed by atoms with Crippen LogP contribution in [-0.4, -0.2) is 20.2 Å². The first-order valence-electron chi connectivity index (χ1n) is 6.74. The number of nitro groups is 1. The van der Waals surface area contributed by atoms with E-state index in [4.69, 9.17) is 4.42 Å². The van der Waals surface area contributed by atoms with Gasteiger partial charge in [-0.25, -0.2) is 4.79 Å². The molecule has 0 unspecified atom stereocenters. The zero-order valence-electron chi connectivity index (χ0n) is 12.3. The SMILES string of the molecule is N#Cc1c(-c2ccc([N+](=O)[O-])cc2)c(=O)oc2c(O)c(O)c(O)cc12. The van der Waals surface area contributed by atoms with Crippen molar-refractivity contribution >= 4 is 16.7 Å². The summed E-state index contributed by atoms with van der Waals surface area (Å²) in [5, 5.41) is 49.0. The Bertz CT molecular complexity index is 1120. The number of aromatic hydroxyl groups is 3. The summed E-state index contributed by atoms with van der Waals surface area (Å²) in [5.41, 5.74) is -1.86. The fraction of sp³-hybridized carbons (Fsp3) is 0. The van der Waals surface area contributed by atoms with Crippen LogP contribution in [0, 0.1) is 21.4 Å². The highest BCUT2D eigenvalue weighted by molar-refractivity contribution is 5.95. The first-order chi connectivity index (χ1) is 11.8. The van der Waals surface area contributed by atoms with Crippen molar-refractivity contribution in [3.05, 3.63) is 56.4 Å². The van der Waals surface area contributed by atoms with Crippen LogP contribution in [0.15, 0.2) is 39.5 Å². The van der Waals surface area contributed by atoms with Gasteiger partial charge in [-0.1, -0.05) is 0 Å². The topological polar surface area (TPSA) is 158 Å². The number of benzene rings is 2. The van der Waals surface area contributed by atoms with Crippen LogP contribution in [-0.2, 0) is 0 Å². The highest BCUT2D eigenvalue weighted by Crippen LogP contribution is 2.42. The number of nitrogens with zero attached hydrogens (tertiary/aromatic N) is 2. The average molecular weight is 340 g/mol. The maximum Gasteiger partial charge on any atom is 0.345 e. The predicted octanol–water partition coefficient (Wildman–Crippen LogP) is 2.36. The van der Waals surface area contributed by atoms with Crippen LogP contribution >= 0.6 is 0 Å². The molecule has 1 heterocycles. The first-order valence-corrected chi connectivity index (χ1v) is 6.74. The molecule has 9 heteroatoms. The molecule has 3 aromatic rings. The maximum atomic E-state index is 12.3. The zero-order chi connectivity index (χ0) is 18.3. The van der Waals surface area contributed by atoms with Gasteiger partial charge in [0.05, 0.1) is 16.1 Å². The van der Waals surface area contributed by atoms with Gasteiger partial charge in [-0.3, -0.25) is 10.1 Å². The normalized spacial score (nSPS) is 10.5. The number of phenols is 3. The van der Waals surface area contributed by atoms with Crippen molar-refractivity contribution in [2.45, 2.75) is 0 Å². The summed E-state index contributed by atoms with van der Waals surface area (Å²) in [7, 11) is 0. The number of phenolic OH excluding ortho intramolecular Hbond substituents is 3. The maximum absolute atomic E-state index is 12.3. The predicted molar refractivity (Wildman–Crippen MR) is 84.3 cm³/mol. The third-order valence-electron chi connectivity index (χ3n) is 3.60. The van der Waals surface area contributed by atoms with E-state index >= 15 is 0 Å². The van der Waals surface area contributed by atoms with Crippen molar-refractivity contribution in [1.82, 2.24) is 0 Å². The van der Waals surface area contributed by atoms with E-state index in [0.717, 1.165) is 18.2 Å². The van der Waals surface area contributed by atoms with Crippen LogP contribution in [0.25, 0.3) is 22.1 Å². The molecule has 0 atom stereocenters. The Labute approximate surface area is 138 Å². The van der Waals surface area contributed by atoms with Gasteiger partial charge in [0.15, 0.2) is 11.3 Å². The quantitative estimate of drug-likeness (QED) is 0.277. The molecule has 0 spiro atoms. The lowest BCUT2D eigenvalue weighted by Crippen LogP contribution is -2.06. The molecule has 2 aromatic carbocycles. The molecule has 0 aliphatic carbocycles. The van der Waals surface area contributed by atoms with Gasteiger partial charge in [-0.2, -0.15) is 5.26 Å². The molecular formula is C16H8N2O7. The van der Waals surface area contributed by atoms with E-state index in [0.29, 0.717) is 0 Å². The summed E-state index contributed by atoms with van der Waals surface area (Å²) in [6.07, 6.45) is 0. The van der Waals surface area contributed by atoms with Crippen LogP contribution in [0.5, 0.6) is 17.2 Å². The van der Waals surface area contributed by atoms with Crippen molar-refractivity contribution in [2.24, 2.45) is 0 Å². The average Bonchev–Trinajstić information content (AvgIpc) is 2.60. The lowest BCUT2D eigenvalue weighted by atomic mass is 9.98. The summed E-state index contributed by atoms with van der Waals surface area (Å²) < 4.78 is 4.97. The summed E-state index contributed by atoms with van der Waals surface area (Å²) in [6, 6.07) is 7.63. The Hall–Kier alpha value is -4.06. The van der Waals surface area contributed by atoms with Gasteiger partial charge in [0.25, 0.3) is 5.69 Å². The number of hydrogen-bond donors (Lipinski definition) is 3. The van der Waals surface area contributed by atoms with E-state index in [1.54, 1.807) is 6.07 Å². The minimum absolute atomic E-state index is 0.0942. The van der Waals surface area contributed by atoms with Crippen LogP contribution in [0.1, 0.15) is 5.56 Å². The molecule has 0 amide bonds. The summed E-state index contributed by atoms with van der Waals surface area (Å²) >= 11 is 0. The Morgan fingerprint density at radius 3 is 2.32 bits per heavy atom. The van der Waals surface area contributed by atoms with E-state index in [1.165, 1.54) is 12.1 Å².